The lowest BCUT2D eigenvalue weighted by Gasteiger charge is -2.34. The van der Waals surface area contributed by atoms with Crippen molar-refractivity contribution in [1.82, 2.24) is 3.96 Å². The molecule has 0 unspecified atom stereocenters. The Bertz CT molecular complexity index is 987. The molecule has 0 bridgehead atoms. The van der Waals surface area contributed by atoms with E-state index in [9.17, 15) is 0 Å². The minimum Gasteiger partial charge on any atom is -0.497 e. The van der Waals surface area contributed by atoms with Crippen LogP contribution in [0.1, 0.15) is 25.0 Å². The normalized spacial score (nSPS) is 14.4. The molecule has 0 fully saturated rings. The molecule has 3 aromatic rings. The van der Waals surface area contributed by atoms with Gasteiger partial charge in [-0.3, -0.25) is 3.96 Å². The summed E-state index contributed by atoms with van der Waals surface area (Å²) in [4.78, 5) is 0. The van der Waals surface area contributed by atoms with Gasteiger partial charge in [-0.05, 0) is 54.2 Å². The minimum atomic E-state index is -0.147. The summed E-state index contributed by atoms with van der Waals surface area (Å²) in [7, 11) is 1.70. The smallest absolute Gasteiger partial charge is 0.126 e. The van der Waals surface area contributed by atoms with Gasteiger partial charge in [-0.1, -0.05) is 48.6 Å². The molecule has 0 radical (unpaired) electrons. The van der Waals surface area contributed by atoms with Gasteiger partial charge in [0.25, 0.3) is 0 Å². The van der Waals surface area contributed by atoms with Crippen molar-refractivity contribution in [1.29, 1.82) is 0 Å². The third kappa shape index (κ3) is 2.77. The van der Waals surface area contributed by atoms with E-state index in [-0.39, 0.29) is 5.54 Å². The van der Waals surface area contributed by atoms with Gasteiger partial charge in [0, 0.05) is 0 Å². The second-order valence-electron chi connectivity index (χ2n) is 6.78. The Balaban J connectivity index is 1.87. The lowest BCUT2D eigenvalue weighted by atomic mass is 9.84. The lowest BCUT2D eigenvalue weighted by molar-refractivity contribution is 0.414. The molecule has 1 aromatic heterocycles. The van der Waals surface area contributed by atoms with Gasteiger partial charge in [0.15, 0.2) is 0 Å². The quantitative estimate of drug-likeness (QED) is 0.604. The van der Waals surface area contributed by atoms with Crippen LogP contribution in [-0.2, 0) is 12.1 Å². The number of hydrogen-bond donors (Lipinski definition) is 1. The molecule has 0 saturated heterocycles. The summed E-state index contributed by atoms with van der Waals surface area (Å²) in [6.07, 6.45) is 0. The van der Waals surface area contributed by atoms with Crippen LogP contribution in [0.4, 0.5) is 5.00 Å². The van der Waals surface area contributed by atoms with Crippen molar-refractivity contribution in [3.8, 4) is 16.9 Å². The summed E-state index contributed by atoms with van der Waals surface area (Å²) < 4.78 is 8.51. The van der Waals surface area contributed by atoms with Crippen LogP contribution >= 0.6 is 23.8 Å². The zero-order valence-corrected chi connectivity index (χ0v) is 16.1. The van der Waals surface area contributed by atoms with Gasteiger partial charge in [0.2, 0.25) is 0 Å². The number of methoxy groups -OCH3 is 1. The fraction of sp³-hybridized carbons (Fsp3) is 0.250. The van der Waals surface area contributed by atoms with E-state index < -0.39 is 0 Å². The molecule has 0 spiro atoms. The molecule has 1 N–H and O–H groups in total. The highest BCUT2D eigenvalue weighted by atomic mass is 32.1. The van der Waals surface area contributed by atoms with Gasteiger partial charge in [-0.25, -0.2) is 0 Å². The van der Waals surface area contributed by atoms with Crippen molar-refractivity contribution in [2.45, 2.75) is 25.9 Å². The summed E-state index contributed by atoms with van der Waals surface area (Å²) in [5.74, 6) is 0.859. The van der Waals surface area contributed by atoms with Crippen LogP contribution in [0.2, 0.25) is 0 Å². The van der Waals surface area contributed by atoms with Crippen molar-refractivity contribution in [2.75, 3.05) is 12.4 Å². The number of nitrogens with zero attached hydrogens (tertiary/aromatic N) is 1. The molecular weight excluding hydrogens is 348 g/mol. The first-order valence-corrected chi connectivity index (χ1v) is 9.43. The number of fused-ring (bicyclic) bond motifs is 3. The third-order valence-electron chi connectivity index (χ3n) is 4.63. The number of rotatable bonds is 3. The molecule has 0 aliphatic carbocycles. The minimum absolute atomic E-state index is 0.147. The first kappa shape index (κ1) is 16.4. The van der Waals surface area contributed by atoms with Gasteiger partial charge >= 0.3 is 0 Å². The number of ether oxygens (including phenoxy) is 1. The van der Waals surface area contributed by atoms with Gasteiger partial charge in [-0.15, -0.1) is 0 Å². The third-order valence-corrected chi connectivity index (χ3v) is 6.19. The first-order valence-electron chi connectivity index (χ1n) is 8.25. The monoisotopic (exact) mass is 368 g/mol. The zero-order valence-electron chi connectivity index (χ0n) is 14.5. The number of benzene rings is 2. The van der Waals surface area contributed by atoms with E-state index in [2.05, 4.69) is 59.5 Å². The molecular formula is C20H20N2OS2. The molecule has 0 atom stereocenters. The van der Waals surface area contributed by atoms with Crippen LogP contribution in [0.15, 0.2) is 48.5 Å². The zero-order chi connectivity index (χ0) is 17.6. The number of anilines is 1. The number of nitrogens with one attached hydrogen (secondary N) is 1. The second kappa shape index (κ2) is 6.00. The average molecular weight is 369 g/mol. The fourth-order valence-electron chi connectivity index (χ4n) is 3.35. The van der Waals surface area contributed by atoms with Crippen LogP contribution in [0.5, 0.6) is 5.75 Å². The van der Waals surface area contributed by atoms with Crippen molar-refractivity contribution in [2.24, 2.45) is 0 Å². The maximum Gasteiger partial charge on any atom is 0.126 e. The topological polar surface area (TPSA) is 26.2 Å². The van der Waals surface area contributed by atoms with Crippen LogP contribution < -0.4 is 10.1 Å². The molecule has 25 heavy (non-hydrogen) atoms. The summed E-state index contributed by atoms with van der Waals surface area (Å²) in [5, 5.41) is 4.80. The molecule has 1 aliphatic rings. The van der Waals surface area contributed by atoms with E-state index in [4.69, 9.17) is 17.0 Å². The highest BCUT2D eigenvalue weighted by molar-refractivity contribution is 7.71. The molecule has 128 valence electrons. The van der Waals surface area contributed by atoms with Crippen LogP contribution in [0.25, 0.3) is 11.1 Å². The van der Waals surface area contributed by atoms with E-state index in [0.717, 1.165) is 27.5 Å². The molecule has 1 aliphatic heterocycles. The highest BCUT2D eigenvalue weighted by Gasteiger charge is 2.33. The molecule has 0 amide bonds. The van der Waals surface area contributed by atoms with Crippen LogP contribution in [0.3, 0.4) is 0 Å². The number of aromatic nitrogens is 1. The molecule has 2 heterocycles. The number of hydrogen-bond acceptors (Lipinski definition) is 4. The molecule has 2 aromatic carbocycles. The van der Waals surface area contributed by atoms with Crippen LogP contribution in [0, 0.1) is 4.64 Å². The highest BCUT2D eigenvalue weighted by Crippen LogP contribution is 2.47. The Morgan fingerprint density at radius 1 is 1.16 bits per heavy atom. The molecule has 3 nitrogen and oxygen atoms in total. The van der Waals surface area contributed by atoms with Crippen molar-refractivity contribution in [3.05, 3.63) is 64.3 Å². The van der Waals surface area contributed by atoms with E-state index in [1.807, 2.05) is 12.1 Å². The Labute approximate surface area is 157 Å². The van der Waals surface area contributed by atoms with Gasteiger partial charge in [-0.2, -0.15) is 0 Å². The van der Waals surface area contributed by atoms with E-state index >= 15 is 0 Å². The maximum atomic E-state index is 5.83. The summed E-state index contributed by atoms with van der Waals surface area (Å²) >= 11 is 7.53. The standard InChI is InChI=1S/C20H20N2OS2/c1-20(2)16-10-9-14(23-3)11-15(16)17-18(21-20)25-22(19(17)24)12-13-7-5-4-6-8-13/h4-11,21H,12H2,1-3H3. The van der Waals surface area contributed by atoms with E-state index in [0.29, 0.717) is 0 Å². The Morgan fingerprint density at radius 2 is 1.92 bits per heavy atom. The lowest BCUT2D eigenvalue weighted by Crippen LogP contribution is -2.31. The van der Waals surface area contributed by atoms with Crippen LogP contribution in [-0.4, -0.2) is 11.1 Å². The summed E-state index contributed by atoms with van der Waals surface area (Å²) in [6.45, 7) is 5.19. The van der Waals surface area contributed by atoms with Crippen molar-refractivity contribution < 1.29 is 4.74 Å². The predicted octanol–water partition coefficient (Wildman–Crippen LogP) is 5.66. The van der Waals surface area contributed by atoms with Gasteiger partial charge in [0.1, 0.15) is 15.4 Å². The Morgan fingerprint density at radius 3 is 2.64 bits per heavy atom. The second-order valence-corrected chi connectivity index (χ2v) is 8.20. The average Bonchev–Trinajstić information content (AvgIpc) is 2.90. The predicted molar refractivity (Wildman–Crippen MR) is 107 cm³/mol. The van der Waals surface area contributed by atoms with Crippen molar-refractivity contribution >= 4 is 28.8 Å². The molecule has 4 rings (SSSR count). The molecule has 0 saturated carbocycles. The largest absolute Gasteiger partial charge is 0.497 e. The first-order chi connectivity index (χ1) is 12.0. The Hall–Kier alpha value is -2.11. The fourth-order valence-corrected chi connectivity index (χ4v) is 5.01. The van der Waals surface area contributed by atoms with Gasteiger partial charge < -0.3 is 10.1 Å². The van der Waals surface area contributed by atoms with E-state index in [1.165, 1.54) is 16.7 Å². The molecule has 5 heteroatoms. The van der Waals surface area contributed by atoms with Gasteiger partial charge in [0.05, 0.1) is 24.8 Å². The van der Waals surface area contributed by atoms with E-state index in [1.54, 1.807) is 18.6 Å². The summed E-state index contributed by atoms with van der Waals surface area (Å²) in [6, 6.07) is 16.7. The summed E-state index contributed by atoms with van der Waals surface area (Å²) in [5.41, 5.74) is 4.64. The Kier molecular flexibility index (Phi) is 3.93. The van der Waals surface area contributed by atoms with Crippen molar-refractivity contribution in [3.63, 3.8) is 0 Å². The SMILES string of the molecule is COc1ccc2c(c1)-c1c(sn(Cc3ccccc3)c1=S)NC2(C)C. The maximum absolute atomic E-state index is 5.83.